The number of hydrogen-bond donors (Lipinski definition) is 0. The van der Waals surface area contributed by atoms with Crippen LogP contribution in [0, 0.1) is 13.8 Å². The summed E-state index contributed by atoms with van der Waals surface area (Å²) in [5.74, 6) is 0.0432. The molecule has 0 aromatic carbocycles. The van der Waals surface area contributed by atoms with E-state index >= 15 is 0 Å². The maximum Gasteiger partial charge on any atom is 0.267 e. The van der Waals surface area contributed by atoms with Gasteiger partial charge in [0.2, 0.25) is 0 Å². The van der Waals surface area contributed by atoms with Crippen LogP contribution >= 0.6 is 11.3 Å². The molecule has 1 amide bonds. The van der Waals surface area contributed by atoms with E-state index in [0.29, 0.717) is 6.54 Å². The highest BCUT2D eigenvalue weighted by atomic mass is 32.1. The molecule has 0 saturated carbocycles. The molecule has 2 aromatic heterocycles. The molecule has 4 rings (SSSR count). The number of thiazole rings is 1. The first-order valence-electron chi connectivity index (χ1n) is 9.38. The molecule has 1 aliphatic heterocycles. The van der Waals surface area contributed by atoms with Crippen LogP contribution in [-0.4, -0.2) is 38.2 Å². The zero-order valence-corrected chi connectivity index (χ0v) is 16.1. The standard InChI is InChI=1S/C19H24N4O2S/c1-12-18(26-13(2)20-12)19(25)22-9-5-7-15(22)11-23-17(24)10-14-6-3-4-8-16(14)21-23/h10,15H,3-9,11H2,1-2H3. The van der Waals surface area contributed by atoms with Crippen molar-refractivity contribution >= 4 is 17.2 Å². The highest BCUT2D eigenvalue weighted by molar-refractivity contribution is 7.13. The molecular formula is C19H24N4O2S. The van der Waals surface area contributed by atoms with E-state index in [1.54, 1.807) is 10.7 Å². The largest absolute Gasteiger partial charge is 0.333 e. The fraction of sp³-hybridized carbons (Fsp3) is 0.579. The zero-order chi connectivity index (χ0) is 18.3. The van der Waals surface area contributed by atoms with Crippen molar-refractivity contribution in [1.29, 1.82) is 0 Å². The van der Waals surface area contributed by atoms with Crippen molar-refractivity contribution in [2.45, 2.75) is 65.0 Å². The van der Waals surface area contributed by atoms with Gasteiger partial charge in [-0.15, -0.1) is 11.3 Å². The van der Waals surface area contributed by atoms with Crippen LogP contribution < -0.4 is 5.56 Å². The highest BCUT2D eigenvalue weighted by Gasteiger charge is 2.32. The molecule has 26 heavy (non-hydrogen) atoms. The number of carbonyl (C=O) groups excluding carboxylic acids is 1. The zero-order valence-electron chi connectivity index (χ0n) is 15.3. The topological polar surface area (TPSA) is 68.1 Å². The molecule has 1 saturated heterocycles. The number of amides is 1. The first-order valence-corrected chi connectivity index (χ1v) is 10.2. The van der Waals surface area contributed by atoms with E-state index in [4.69, 9.17) is 0 Å². The SMILES string of the molecule is Cc1nc(C)c(C(=O)N2CCCC2Cn2nc3c(cc2=O)CCCC3)s1. The molecule has 1 fully saturated rings. The molecular weight excluding hydrogens is 348 g/mol. The second-order valence-electron chi connectivity index (χ2n) is 7.29. The first-order chi connectivity index (χ1) is 12.5. The Bertz CT molecular complexity index is 901. The van der Waals surface area contributed by atoms with Crippen LogP contribution in [0.1, 0.15) is 57.3 Å². The fourth-order valence-corrected chi connectivity index (χ4v) is 4.96. The van der Waals surface area contributed by atoms with Crippen molar-refractivity contribution in [3.63, 3.8) is 0 Å². The minimum atomic E-state index is -0.0465. The van der Waals surface area contributed by atoms with Crippen molar-refractivity contribution in [1.82, 2.24) is 19.7 Å². The van der Waals surface area contributed by atoms with Gasteiger partial charge in [-0.3, -0.25) is 9.59 Å². The third-order valence-electron chi connectivity index (χ3n) is 5.39. The van der Waals surface area contributed by atoms with Crippen LogP contribution in [0.3, 0.4) is 0 Å². The summed E-state index contributed by atoms with van der Waals surface area (Å²) >= 11 is 1.45. The third kappa shape index (κ3) is 3.20. The van der Waals surface area contributed by atoms with Gasteiger partial charge < -0.3 is 4.90 Å². The number of aromatic nitrogens is 3. The Morgan fingerprint density at radius 3 is 2.85 bits per heavy atom. The van der Waals surface area contributed by atoms with Crippen LogP contribution in [0.5, 0.6) is 0 Å². The lowest BCUT2D eigenvalue weighted by atomic mass is 9.97. The average Bonchev–Trinajstić information content (AvgIpc) is 3.21. The van der Waals surface area contributed by atoms with Crippen molar-refractivity contribution in [3.8, 4) is 0 Å². The summed E-state index contributed by atoms with van der Waals surface area (Å²) in [4.78, 5) is 32.5. The maximum atomic E-state index is 13.0. The molecule has 138 valence electrons. The summed E-state index contributed by atoms with van der Waals surface area (Å²) < 4.78 is 1.57. The van der Waals surface area contributed by atoms with Gasteiger partial charge in [0.15, 0.2) is 0 Å². The molecule has 2 aliphatic rings. The van der Waals surface area contributed by atoms with E-state index in [1.165, 1.54) is 11.3 Å². The number of rotatable bonds is 3. The van der Waals surface area contributed by atoms with Crippen LogP contribution in [-0.2, 0) is 19.4 Å². The Balaban J connectivity index is 1.57. The number of fused-ring (bicyclic) bond motifs is 1. The fourth-order valence-electron chi connectivity index (χ4n) is 4.08. The van der Waals surface area contributed by atoms with E-state index < -0.39 is 0 Å². The smallest absolute Gasteiger partial charge is 0.267 e. The van der Waals surface area contributed by atoms with Crippen molar-refractivity contribution in [2.24, 2.45) is 0 Å². The molecule has 2 aromatic rings. The molecule has 1 atom stereocenters. The molecule has 6 nitrogen and oxygen atoms in total. The number of likely N-dealkylation sites (tertiary alicyclic amines) is 1. The lowest BCUT2D eigenvalue weighted by molar-refractivity contribution is 0.0724. The van der Waals surface area contributed by atoms with E-state index in [9.17, 15) is 9.59 Å². The predicted octanol–water partition coefficient (Wildman–Crippen LogP) is 2.50. The van der Waals surface area contributed by atoms with Gasteiger partial charge in [0.1, 0.15) is 4.88 Å². The van der Waals surface area contributed by atoms with Crippen LogP contribution in [0.2, 0.25) is 0 Å². The second kappa shape index (κ2) is 6.95. The normalized spacial score (nSPS) is 19.6. The van der Waals surface area contributed by atoms with Gasteiger partial charge in [-0.1, -0.05) is 0 Å². The molecule has 1 unspecified atom stereocenters. The summed E-state index contributed by atoms with van der Waals surface area (Å²) in [6.07, 6.45) is 6.05. The molecule has 0 spiro atoms. The second-order valence-corrected chi connectivity index (χ2v) is 8.49. The van der Waals surface area contributed by atoms with E-state index in [1.807, 2.05) is 18.7 Å². The molecule has 0 bridgehead atoms. The summed E-state index contributed by atoms with van der Waals surface area (Å²) in [6.45, 7) is 5.03. The van der Waals surface area contributed by atoms with E-state index in [0.717, 1.165) is 71.9 Å². The van der Waals surface area contributed by atoms with Gasteiger partial charge in [0.25, 0.3) is 11.5 Å². The maximum absolute atomic E-state index is 13.0. The number of carbonyl (C=O) groups is 1. The van der Waals surface area contributed by atoms with Gasteiger partial charge >= 0.3 is 0 Å². The molecule has 0 N–H and O–H groups in total. The lowest BCUT2D eigenvalue weighted by Crippen LogP contribution is -2.41. The Morgan fingerprint density at radius 2 is 2.08 bits per heavy atom. The van der Waals surface area contributed by atoms with Gasteiger partial charge in [-0.2, -0.15) is 5.10 Å². The quantitative estimate of drug-likeness (QED) is 0.830. The average molecular weight is 372 g/mol. The van der Waals surface area contributed by atoms with Gasteiger partial charge in [-0.05, 0) is 57.9 Å². The molecule has 3 heterocycles. The lowest BCUT2D eigenvalue weighted by Gasteiger charge is -2.25. The first kappa shape index (κ1) is 17.4. The Labute approximate surface area is 156 Å². The molecule has 1 aliphatic carbocycles. The number of aryl methyl sites for hydroxylation is 4. The summed E-state index contributed by atoms with van der Waals surface area (Å²) in [7, 11) is 0. The van der Waals surface area contributed by atoms with Gasteiger partial charge in [-0.25, -0.2) is 9.67 Å². The Morgan fingerprint density at radius 1 is 1.27 bits per heavy atom. The molecule has 0 radical (unpaired) electrons. The summed E-state index contributed by atoms with van der Waals surface area (Å²) in [5.41, 5.74) is 2.91. The van der Waals surface area contributed by atoms with Crippen LogP contribution in [0.15, 0.2) is 10.9 Å². The van der Waals surface area contributed by atoms with Crippen molar-refractivity contribution in [2.75, 3.05) is 6.54 Å². The van der Waals surface area contributed by atoms with E-state index in [-0.39, 0.29) is 17.5 Å². The Kier molecular flexibility index (Phi) is 4.65. The minimum Gasteiger partial charge on any atom is -0.333 e. The third-order valence-corrected chi connectivity index (χ3v) is 6.45. The van der Waals surface area contributed by atoms with Crippen LogP contribution in [0.4, 0.5) is 0 Å². The minimum absolute atomic E-state index is 0.0242. The number of hydrogen-bond acceptors (Lipinski definition) is 5. The Hall–Kier alpha value is -2.02. The predicted molar refractivity (Wildman–Crippen MR) is 101 cm³/mol. The van der Waals surface area contributed by atoms with Gasteiger partial charge in [0, 0.05) is 12.6 Å². The molecule has 7 heteroatoms. The monoisotopic (exact) mass is 372 g/mol. The van der Waals surface area contributed by atoms with Crippen molar-refractivity contribution in [3.05, 3.63) is 43.3 Å². The van der Waals surface area contributed by atoms with Gasteiger partial charge in [0.05, 0.1) is 29.0 Å². The summed E-state index contributed by atoms with van der Waals surface area (Å²) in [5, 5.41) is 5.53. The van der Waals surface area contributed by atoms with E-state index in [2.05, 4.69) is 10.1 Å². The number of nitrogens with zero attached hydrogens (tertiary/aromatic N) is 4. The summed E-state index contributed by atoms with van der Waals surface area (Å²) in [6, 6.07) is 1.77. The highest BCUT2D eigenvalue weighted by Crippen LogP contribution is 2.26. The van der Waals surface area contributed by atoms with Crippen molar-refractivity contribution < 1.29 is 4.79 Å². The van der Waals surface area contributed by atoms with Crippen LogP contribution in [0.25, 0.3) is 0 Å².